The first-order chi connectivity index (χ1) is 17.0. The van der Waals surface area contributed by atoms with Crippen LogP contribution in [0.1, 0.15) is 28.1 Å². The van der Waals surface area contributed by atoms with E-state index in [-0.39, 0.29) is 6.54 Å². The van der Waals surface area contributed by atoms with Gasteiger partial charge in [0.25, 0.3) is 5.91 Å². The van der Waals surface area contributed by atoms with E-state index in [1.165, 1.54) is 11.1 Å². The Hall–Kier alpha value is -3.91. The van der Waals surface area contributed by atoms with E-state index >= 15 is 0 Å². The Bertz CT molecular complexity index is 1560. The van der Waals surface area contributed by atoms with Crippen molar-refractivity contribution in [3.05, 3.63) is 94.8 Å². The van der Waals surface area contributed by atoms with Gasteiger partial charge in [0, 0.05) is 28.0 Å². The number of nitrogens with one attached hydrogen (secondary N) is 1. The number of amides is 1. The largest absolute Gasteiger partial charge is 0.318 e. The number of hydrogen-bond acceptors (Lipinski definition) is 4. The summed E-state index contributed by atoms with van der Waals surface area (Å²) in [5.74, 6) is -0.535. The number of hydrogen-bond donors (Lipinski definition) is 1. The Labute approximate surface area is 212 Å². The van der Waals surface area contributed by atoms with Gasteiger partial charge >= 0.3 is 0 Å². The number of carbonyl (C=O) groups is 1. The minimum Gasteiger partial charge on any atom is -0.318 e. The number of nitrogens with zero attached hydrogens (tertiary/aromatic N) is 3. The predicted molar refractivity (Wildman–Crippen MR) is 147 cm³/mol. The van der Waals surface area contributed by atoms with Gasteiger partial charge < -0.3 is 4.57 Å². The molecule has 0 saturated carbocycles. The van der Waals surface area contributed by atoms with Crippen molar-refractivity contribution in [3.63, 3.8) is 0 Å². The van der Waals surface area contributed by atoms with Gasteiger partial charge in [-0.3, -0.25) is 9.10 Å². The monoisotopic (exact) mass is 502 g/mol. The molecule has 1 heterocycles. The standard InChI is InChI=1S/C28H30N4O3S/c1-19-13-20(2)15-25(14-19)32-21(3)16-24(22(32)4)17-29-30-28(33)18-31(36(5,34)35)27-12-8-10-23-9-6-7-11-26(23)27/h6-17H,18H2,1-5H3,(H,30,33)/b29-17+. The molecular weight excluding hydrogens is 472 g/mol. The van der Waals surface area contributed by atoms with Crippen LogP contribution >= 0.6 is 0 Å². The molecule has 186 valence electrons. The van der Waals surface area contributed by atoms with Crippen LogP contribution in [-0.4, -0.2) is 37.9 Å². The molecule has 3 aromatic carbocycles. The van der Waals surface area contributed by atoms with Gasteiger partial charge in [0.1, 0.15) is 6.54 Å². The van der Waals surface area contributed by atoms with Crippen LogP contribution in [0.25, 0.3) is 16.5 Å². The molecule has 0 saturated heterocycles. The highest BCUT2D eigenvalue weighted by atomic mass is 32.2. The number of aromatic nitrogens is 1. The van der Waals surface area contributed by atoms with Crippen molar-refractivity contribution in [2.24, 2.45) is 5.10 Å². The third-order valence-corrected chi connectivity index (χ3v) is 7.18. The van der Waals surface area contributed by atoms with Gasteiger partial charge in [-0.2, -0.15) is 5.10 Å². The van der Waals surface area contributed by atoms with E-state index in [9.17, 15) is 13.2 Å². The third-order valence-electron chi connectivity index (χ3n) is 6.05. The first-order valence-electron chi connectivity index (χ1n) is 11.6. The van der Waals surface area contributed by atoms with Gasteiger partial charge in [-0.15, -0.1) is 0 Å². The Morgan fingerprint density at radius 2 is 1.64 bits per heavy atom. The fraction of sp³-hybridized carbons (Fsp3) is 0.214. The predicted octanol–water partition coefficient (Wildman–Crippen LogP) is 4.78. The van der Waals surface area contributed by atoms with E-state index in [0.29, 0.717) is 5.69 Å². The molecule has 0 unspecified atom stereocenters. The van der Waals surface area contributed by atoms with E-state index in [1.807, 2.05) is 50.2 Å². The molecule has 1 amide bonds. The smallest absolute Gasteiger partial charge is 0.260 e. The molecule has 1 N–H and O–H groups in total. The van der Waals surface area contributed by atoms with Gasteiger partial charge in [-0.25, -0.2) is 13.8 Å². The lowest BCUT2D eigenvalue weighted by Gasteiger charge is -2.23. The summed E-state index contributed by atoms with van der Waals surface area (Å²) in [6.07, 6.45) is 2.68. The number of benzene rings is 3. The molecule has 0 spiro atoms. The van der Waals surface area contributed by atoms with Gasteiger partial charge in [-0.05, 0) is 68.5 Å². The van der Waals surface area contributed by atoms with Crippen molar-refractivity contribution in [3.8, 4) is 5.69 Å². The van der Waals surface area contributed by atoms with Gasteiger partial charge in [0.15, 0.2) is 0 Å². The van der Waals surface area contributed by atoms with E-state index in [2.05, 4.69) is 47.1 Å². The molecular formula is C28H30N4O3S. The number of rotatable bonds is 7. The van der Waals surface area contributed by atoms with Crippen LogP contribution in [0, 0.1) is 27.7 Å². The number of hydrazone groups is 1. The molecule has 0 aliphatic heterocycles. The number of fused-ring (bicyclic) bond motifs is 1. The molecule has 36 heavy (non-hydrogen) atoms. The van der Waals surface area contributed by atoms with Crippen LogP contribution in [0.2, 0.25) is 0 Å². The second-order valence-electron chi connectivity index (χ2n) is 9.07. The molecule has 4 rings (SSSR count). The third kappa shape index (κ3) is 5.33. The first kappa shape index (κ1) is 25.2. The normalized spacial score (nSPS) is 11.8. The van der Waals surface area contributed by atoms with Crippen LogP contribution in [0.4, 0.5) is 5.69 Å². The molecule has 0 aliphatic carbocycles. The summed E-state index contributed by atoms with van der Waals surface area (Å²) in [6, 6.07) is 21.2. The lowest BCUT2D eigenvalue weighted by atomic mass is 10.1. The molecule has 8 heteroatoms. The number of carbonyl (C=O) groups excluding carboxylic acids is 1. The number of anilines is 1. The van der Waals surface area contributed by atoms with Crippen LogP contribution < -0.4 is 9.73 Å². The summed E-state index contributed by atoms with van der Waals surface area (Å²) in [5.41, 5.74) is 9.27. The number of aryl methyl sites for hydroxylation is 3. The minimum atomic E-state index is -3.71. The number of sulfonamides is 1. The van der Waals surface area contributed by atoms with Crippen LogP contribution in [-0.2, 0) is 14.8 Å². The average Bonchev–Trinajstić information content (AvgIpc) is 3.08. The molecule has 0 atom stereocenters. The Balaban J connectivity index is 1.54. The lowest BCUT2D eigenvalue weighted by Crippen LogP contribution is -2.39. The molecule has 7 nitrogen and oxygen atoms in total. The quantitative estimate of drug-likeness (QED) is 0.292. The zero-order chi connectivity index (χ0) is 26.0. The molecule has 0 aliphatic rings. The van der Waals surface area contributed by atoms with Gasteiger partial charge in [-0.1, -0.05) is 42.5 Å². The maximum atomic E-state index is 12.7. The highest BCUT2D eigenvalue weighted by Gasteiger charge is 2.22. The van der Waals surface area contributed by atoms with Gasteiger partial charge in [0.2, 0.25) is 10.0 Å². The fourth-order valence-electron chi connectivity index (χ4n) is 4.54. The highest BCUT2D eigenvalue weighted by Crippen LogP contribution is 2.28. The van der Waals surface area contributed by atoms with E-state index in [0.717, 1.165) is 44.0 Å². The topological polar surface area (TPSA) is 83.8 Å². The average molecular weight is 503 g/mol. The maximum absolute atomic E-state index is 12.7. The van der Waals surface area contributed by atoms with Crippen molar-refractivity contribution in [2.75, 3.05) is 17.1 Å². The minimum absolute atomic E-state index is 0.383. The van der Waals surface area contributed by atoms with E-state index < -0.39 is 15.9 Å². The highest BCUT2D eigenvalue weighted by molar-refractivity contribution is 7.92. The van der Waals surface area contributed by atoms with Crippen molar-refractivity contribution in [1.82, 2.24) is 9.99 Å². The second-order valence-corrected chi connectivity index (χ2v) is 11.0. The van der Waals surface area contributed by atoms with Crippen molar-refractivity contribution >= 4 is 38.6 Å². The Kier molecular flexibility index (Phi) is 6.99. The Morgan fingerprint density at radius 3 is 2.33 bits per heavy atom. The second kappa shape index (κ2) is 9.99. The molecule has 0 bridgehead atoms. The molecule has 0 radical (unpaired) electrons. The van der Waals surface area contributed by atoms with Crippen molar-refractivity contribution in [1.29, 1.82) is 0 Å². The van der Waals surface area contributed by atoms with Crippen LogP contribution in [0.15, 0.2) is 71.8 Å². The zero-order valence-electron chi connectivity index (χ0n) is 21.1. The maximum Gasteiger partial charge on any atom is 0.260 e. The van der Waals surface area contributed by atoms with Crippen molar-refractivity contribution in [2.45, 2.75) is 27.7 Å². The SMILES string of the molecule is Cc1cc(C)cc(-n2c(C)cc(/C=N/NC(=O)CN(c3cccc4ccccc34)S(C)(=O)=O)c2C)c1. The Morgan fingerprint density at radius 1 is 0.972 bits per heavy atom. The van der Waals surface area contributed by atoms with Crippen LogP contribution in [0.5, 0.6) is 0 Å². The first-order valence-corrected chi connectivity index (χ1v) is 13.4. The summed E-state index contributed by atoms with van der Waals surface area (Å²) in [4.78, 5) is 12.7. The zero-order valence-corrected chi connectivity index (χ0v) is 21.9. The van der Waals surface area contributed by atoms with Gasteiger partial charge in [0.05, 0.1) is 18.2 Å². The summed E-state index contributed by atoms with van der Waals surface area (Å²) in [6.45, 7) is 7.78. The van der Waals surface area contributed by atoms with Crippen molar-refractivity contribution < 1.29 is 13.2 Å². The summed E-state index contributed by atoms with van der Waals surface area (Å²) in [7, 11) is -3.71. The molecule has 0 fully saturated rings. The summed E-state index contributed by atoms with van der Waals surface area (Å²) < 4.78 is 28.4. The summed E-state index contributed by atoms with van der Waals surface area (Å²) >= 11 is 0. The molecule has 4 aromatic rings. The lowest BCUT2D eigenvalue weighted by molar-refractivity contribution is -0.119. The summed E-state index contributed by atoms with van der Waals surface area (Å²) in [5, 5.41) is 5.76. The fourth-order valence-corrected chi connectivity index (χ4v) is 5.41. The van der Waals surface area contributed by atoms with Crippen LogP contribution in [0.3, 0.4) is 0 Å². The molecule has 1 aromatic heterocycles. The van der Waals surface area contributed by atoms with E-state index in [4.69, 9.17) is 0 Å². The van der Waals surface area contributed by atoms with E-state index in [1.54, 1.807) is 18.3 Å².